The maximum atomic E-state index is 12.6. The van der Waals surface area contributed by atoms with Crippen LogP contribution in [0.25, 0.3) is 17.4 Å². The van der Waals surface area contributed by atoms with Crippen molar-refractivity contribution in [1.82, 2.24) is 0 Å². The van der Waals surface area contributed by atoms with Gasteiger partial charge < -0.3 is 14.5 Å². The largest absolute Gasteiger partial charge is 0.462 e. The summed E-state index contributed by atoms with van der Waals surface area (Å²) in [5.41, 5.74) is 2.25. The molecule has 2 heterocycles. The van der Waals surface area contributed by atoms with E-state index in [1.165, 1.54) is 17.4 Å². The molecular weight excluding hydrogens is 469 g/mol. The molecular formula is C24H21Cl2NO4S. The van der Waals surface area contributed by atoms with Crippen molar-refractivity contribution in [3.63, 3.8) is 0 Å². The van der Waals surface area contributed by atoms with Crippen LogP contribution in [0.15, 0.2) is 40.8 Å². The summed E-state index contributed by atoms with van der Waals surface area (Å²) >= 11 is 13.6. The number of amides is 1. The van der Waals surface area contributed by atoms with Crippen LogP contribution in [-0.2, 0) is 22.4 Å². The molecule has 0 fully saturated rings. The number of carbonyl (C=O) groups excluding carboxylic acids is 2. The minimum absolute atomic E-state index is 0.287. The van der Waals surface area contributed by atoms with Gasteiger partial charge in [-0.1, -0.05) is 23.2 Å². The van der Waals surface area contributed by atoms with Crippen LogP contribution in [0.3, 0.4) is 0 Å². The Labute approximate surface area is 200 Å². The predicted octanol–water partition coefficient (Wildman–Crippen LogP) is 7.02. The first-order valence-electron chi connectivity index (χ1n) is 10.3. The van der Waals surface area contributed by atoms with Gasteiger partial charge in [-0.15, -0.1) is 11.3 Å². The molecule has 0 radical (unpaired) electrons. The number of fused-ring (bicyclic) bond motifs is 1. The molecule has 0 unspecified atom stereocenters. The standard InChI is InChI=1S/C24H21Cl2NO4S/c1-2-30-24(29)22-18-5-3-4-6-20(18)32-23(22)27-21(28)10-8-17-7-9-19(31-17)14-11-15(25)13-16(26)12-14/h7-13H,2-6H2,1H3,(H,27,28)/b10-8+. The van der Waals surface area contributed by atoms with Crippen molar-refractivity contribution in [1.29, 1.82) is 0 Å². The fraction of sp³-hybridized carbons (Fsp3) is 0.250. The van der Waals surface area contributed by atoms with Crippen LogP contribution in [0.5, 0.6) is 0 Å². The molecule has 0 saturated carbocycles. The fourth-order valence-electron chi connectivity index (χ4n) is 3.68. The van der Waals surface area contributed by atoms with Crippen molar-refractivity contribution >= 4 is 57.5 Å². The number of rotatable bonds is 6. The van der Waals surface area contributed by atoms with Gasteiger partial charge in [-0.25, -0.2) is 4.79 Å². The maximum Gasteiger partial charge on any atom is 0.341 e. The Morgan fingerprint density at radius 1 is 1.16 bits per heavy atom. The third kappa shape index (κ3) is 5.09. The smallest absolute Gasteiger partial charge is 0.341 e. The summed E-state index contributed by atoms with van der Waals surface area (Å²) < 4.78 is 11.0. The van der Waals surface area contributed by atoms with Crippen LogP contribution in [0.2, 0.25) is 10.0 Å². The number of carbonyl (C=O) groups is 2. The van der Waals surface area contributed by atoms with E-state index in [9.17, 15) is 9.59 Å². The molecule has 5 nitrogen and oxygen atoms in total. The maximum absolute atomic E-state index is 12.6. The van der Waals surface area contributed by atoms with E-state index in [4.69, 9.17) is 32.4 Å². The highest BCUT2D eigenvalue weighted by molar-refractivity contribution is 7.17. The van der Waals surface area contributed by atoms with E-state index >= 15 is 0 Å². The van der Waals surface area contributed by atoms with Crippen LogP contribution < -0.4 is 5.32 Å². The average molecular weight is 490 g/mol. The molecule has 0 spiro atoms. The van der Waals surface area contributed by atoms with Gasteiger partial charge in [0.25, 0.3) is 0 Å². The number of benzene rings is 1. The molecule has 1 aromatic carbocycles. The minimum Gasteiger partial charge on any atom is -0.462 e. The second-order valence-corrected chi connectivity index (χ2v) is 9.30. The Morgan fingerprint density at radius 3 is 2.66 bits per heavy atom. The lowest BCUT2D eigenvalue weighted by atomic mass is 9.95. The molecule has 1 aliphatic rings. The van der Waals surface area contributed by atoms with E-state index in [0.29, 0.717) is 32.1 Å². The summed E-state index contributed by atoms with van der Waals surface area (Å²) in [6.07, 6.45) is 6.81. The summed E-state index contributed by atoms with van der Waals surface area (Å²) in [5.74, 6) is 0.354. The molecule has 166 valence electrons. The number of thiophene rings is 1. The molecule has 0 atom stereocenters. The predicted molar refractivity (Wildman–Crippen MR) is 129 cm³/mol. The van der Waals surface area contributed by atoms with Crippen LogP contribution in [0.1, 0.15) is 46.3 Å². The van der Waals surface area contributed by atoms with E-state index in [1.54, 1.807) is 43.3 Å². The topological polar surface area (TPSA) is 68.5 Å². The number of ether oxygens (including phenoxy) is 1. The van der Waals surface area contributed by atoms with Crippen molar-refractivity contribution in [2.24, 2.45) is 0 Å². The summed E-state index contributed by atoms with van der Waals surface area (Å²) in [5, 5.41) is 4.41. The van der Waals surface area contributed by atoms with Gasteiger partial charge in [0.2, 0.25) is 5.91 Å². The zero-order chi connectivity index (χ0) is 22.7. The Kier molecular flexibility index (Phi) is 7.04. The zero-order valence-corrected chi connectivity index (χ0v) is 19.7. The van der Waals surface area contributed by atoms with Gasteiger partial charge in [-0.2, -0.15) is 0 Å². The minimum atomic E-state index is -0.387. The molecule has 0 aliphatic heterocycles. The summed E-state index contributed by atoms with van der Waals surface area (Å²) in [7, 11) is 0. The van der Waals surface area contributed by atoms with Gasteiger partial charge in [0.05, 0.1) is 12.2 Å². The lowest BCUT2D eigenvalue weighted by Crippen LogP contribution is -2.14. The van der Waals surface area contributed by atoms with Gasteiger partial charge in [0.1, 0.15) is 16.5 Å². The lowest BCUT2D eigenvalue weighted by Gasteiger charge is -2.12. The molecule has 1 N–H and O–H groups in total. The van der Waals surface area contributed by atoms with Crippen LogP contribution in [0, 0.1) is 0 Å². The van der Waals surface area contributed by atoms with Gasteiger partial charge in [-0.3, -0.25) is 4.79 Å². The number of aryl methyl sites for hydroxylation is 1. The van der Waals surface area contributed by atoms with Gasteiger partial charge in [-0.05, 0) is 74.6 Å². The number of anilines is 1. The quantitative estimate of drug-likeness (QED) is 0.298. The number of hydrogen-bond donors (Lipinski definition) is 1. The fourth-order valence-corrected chi connectivity index (χ4v) is 5.48. The Hall–Kier alpha value is -2.54. The highest BCUT2D eigenvalue weighted by Crippen LogP contribution is 2.38. The Balaban J connectivity index is 1.50. The van der Waals surface area contributed by atoms with Gasteiger partial charge >= 0.3 is 5.97 Å². The second kappa shape index (κ2) is 9.94. The molecule has 1 amide bonds. The monoisotopic (exact) mass is 489 g/mol. The van der Waals surface area contributed by atoms with Crippen molar-refractivity contribution in [2.45, 2.75) is 32.6 Å². The number of halogens is 2. The molecule has 1 aliphatic carbocycles. The van der Waals surface area contributed by atoms with E-state index in [-0.39, 0.29) is 18.5 Å². The molecule has 4 rings (SSSR count). The van der Waals surface area contributed by atoms with Crippen LogP contribution in [0.4, 0.5) is 5.00 Å². The SMILES string of the molecule is CCOC(=O)c1c(NC(=O)/C=C/c2ccc(-c3cc(Cl)cc(Cl)c3)o2)sc2c1CCCC2. The summed E-state index contributed by atoms with van der Waals surface area (Å²) in [4.78, 5) is 26.3. The number of furan rings is 1. The van der Waals surface area contributed by atoms with E-state index < -0.39 is 0 Å². The van der Waals surface area contributed by atoms with Crippen molar-refractivity contribution in [3.8, 4) is 11.3 Å². The number of hydrogen-bond acceptors (Lipinski definition) is 5. The Morgan fingerprint density at radius 2 is 1.91 bits per heavy atom. The highest BCUT2D eigenvalue weighted by atomic mass is 35.5. The average Bonchev–Trinajstić information content (AvgIpc) is 3.36. The molecule has 8 heteroatoms. The highest BCUT2D eigenvalue weighted by Gasteiger charge is 2.26. The van der Waals surface area contributed by atoms with Gasteiger partial charge in [0.15, 0.2) is 0 Å². The van der Waals surface area contributed by atoms with Crippen molar-refractivity contribution in [3.05, 3.63) is 68.2 Å². The molecule has 0 bridgehead atoms. The van der Waals surface area contributed by atoms with Gasteiger partial charge in [0, 0.05) is 26.6 Å². The first kappa shape index (κ1) is 22.6. The van der Waals surface area contributed by atoms with Crippen LogP contribution >= 0.6 is 34.5 Å². The zero-order valence-electron chi connectivity index (χ0n) is 17.4. The molecule has 3 aromatic rings. The first-order valence-corrected chi connectivity index (χ1v) is 11.9. The number of esters is 1. The van der Waals surface area contributed by atoms with E-state index in [1.807, 2.05) is 0 Å². The van der Waals surface area contributed by atoms with E-state index in [0.717, 1.165) is 41.7 Å². The summed E-state index contributed by atoms with van der Waals surface area (Å²) in [6, 6.07) is 8.69. The first-order chi connectivity index (χ1) is 15.4. The second-order valence-electron chi connectivity index (χ2n) is 7.32. The van der Waals surface area contributed by atoms with E-state index in [2.05, 4.69) is 5.32 Å². The normalized spacial score (nSPS) is 13.2. The summed E-state index contributed by atoms with van der Waals surface area (Å²) in [6.45, 7) is 2.06. The van der Waals surface area contributed by atoms with Crippen molar-refractivity contribution in [2.75, 3.05) is 11.9 Å². The molecule has 32 heavy (non-hydrogen) atoms. The number of nitrogens with one attached hydrogen (secondary N) is 1. The molecule has 0 saturated heterocycles. The van der Waals surface area contributed by atoms with Crippen molar-refractivity contribution < 1.29 is 18.7 Å². The van der Waals surface area contributed by atoms with Crippen LogP contribution in [-0.4, -0.2) is 18.5 Å². The lowest BCUT2D eigenvalue weighted by molar-refractivity contribution is -0.111. The third-order valence-corrected chi connectivity index (χ3v) is 6.70. The third-order valence-electron chi connectivity index (χ3n) is 5.06. The molecule has 2 aromatic heterocycles. The Bertz CT molecular complexity index is 1170.